The predicted molar refractivity (Wildman–Crippen MR) is 61.7 cm³/mol. The Hall–Kier alpha value is -1.74. The largest absolute Gasteiger partial charge is 0.462 e. The van der Waals surface area contributed by atoms with Crippen LogP contribution in [0.3, 0.4) is 0 Å². The number of rotatable bonds is 3. The van der Waals surface area contributed by atoms with Crippen molar-refractivity contribution in [2.75, 3.05) is 6.61 Å². The summed E-state index contributed by atoms with van der Waals surface area (Å²) < 4.78 is 43.1. The molecule has 0 aliphatic carbocycles. The lowest BCUT2D eigenvalue weighted by Crippen LogP contribution is -2.18. The highest BCUT2D eigenvalue weighted by molar-refractivity contribution is 6.17. The molecule has 0 spiro atoms. The molecule has 0 fully saturated rings. The SMILES string of the molecule is CCOC(=O)c1c(C(F)(F)F)ccc(CCl)c1C#N. The van der Waals surface area contributed by atoms with Crippen LogP contribution in [0, 0.1) is 11.3 Å². The quantitative estimate of drug-likeness (QED) is 0.632. The van der Waals surface area contributed by atoms with Gasteiger partial charge in [0.05, 0.1) is 23.3 Å². The topological polar surface area (TPSA) is 50.1 Å². The summed E-state index contributed by atoms with van der Waals surface area (Å²) >= 11 is 5.55. The van der Waals surface area contributed by atoms with Crippen LogP contribution in [-0.2, 0) is 16.8 Å². The van der Waals surface area contributed by atoms with Crippen LogP contribution in [-0.4, -0.2) is 12.6 Å². The molecule has 1 rings (SSSR count). The summed E-state index contributed by atoms with van der Waals surface area (Å²) in [6, 6.07) is 3.39. The zero-order valence-electron chi connectivity index (χ0n) is 9.84. The van der Waals surface area contributed by atoms with Crippen LogP contribution in [0.1, 0.15) is 34.0 Å². The molecule has 0 N–H and O–H groups in total. The van der Waals surface area contributed by atoms with Gasteiger partial charge < -0.3 is 4.74 Å². The normalized spacial score (nSPS) is 10.9. The average molecular weight is 292 g/mol. The highest BCUT2D eigenvalue weighted by atomic mass is 35.5. The molecule has 1 aromatic rings. The highest BCUT2D eigenvalue weighted by Crippen LogP contribution is 2.35. The second-order valence-corrected chi connectivity index (χ2v) is 3.75. The number of alkyl halides is 4. The van der Waals surface area contributed by atoms with Gasteiger partial charge in [0.2, 0.25) is 0 Å². The summed E-state index contributed by atoms with van der Waals surface area (Å²) in [5.74, 6) is -1.36. The monoisotopic (exact) mass is 291 g/mol. The lowest BCUT2D eigenvalue weighted by Gasteiger charge is -2.15. The van der Waals surface area contributed by atoms with Crippen molar-refractivity contribution in [1.82, 2.24) is 0 Å². The van der Waals surface area contributed by atoms with Gasteiger partial charge in [-0.15, -0.1) is 11.6 Å². The third-order valence-corrected chi connectivity index (χ3v) is 2.62. The molecular weight excluding hydrogens is 283 g/mol. The smallest absolute Gasteiger partial charge is 0.417 e. The van der Waals surface area contributed by atoms with Crippen molar-refractivity contribution >= 4 is 17.6 Å². The molecule has 0 unspecified atom stereocenters. The van der Waals surface area contributed by atoms with Crippen LogP contribution in [0.2, 0.25) is 0 Å². The highest BCUT2D eigenvalue weighted by Gasteiger charge is 2.37. The van der Waals surface area contributed by atoms with Gasteiger partial charge in [0.1, 0.15) is 6.07 Å². The van der Waals surface area contributed by atoms with E-state index in [1.807, 2.05) is 0 Å². The molecule has 0 atom stereocenters. The van der Waals surface area contributed by atoms with Crippen LogP contribution in [0.15, 0.2) is 12.1 Å². The van der Waals surface area contributed by atoms with E-state index < -0.39 is 28.8 Å². The van der Waals surface area contributed by atoms with Gasteiger partial charge in [0.25, 0.3) is 0 Å². The molecule has 7 heteroatoms. The minimum absolute atomic E-state index is 0.0912. The maximum atomic E-state index is 12.9. The fraction of sp³-hybridized carbons (Fsp3) is 0.333. The number of carbonyl (C=O) groups is 1. The van der Waals surface area contributed by atoms with Crippen molar-refractivity contribution in [1.29, 1.82) is 5.26 Å². The van der Waals surface area contributed by atoms with Crippen LogP contribution in [0.25, 0.3) is 0 Å². The van der Waals surface area contributed by atoms with E-state index in [1.54, 1.807) is 6.07 Å². The van der Waals surface area contributed by atoms with Crippen molar-refractivity contribution in [3.63, 3.8) is 0 Å². The van der Waals surface area contributed by atoms with Crippen molar-refractivity contribution in [2.24, 2.45) is 0 Å². The van der Waals surface area contributed by atoms with Gasteiger partial charge in [0.15, 0.2) is 0 Å². The standard InChI is InChI=1S/C12H9ClF3NO2/c1-2-19-11(18)10-8(6-17)7(5-13)3-4-9(10)12(14,15)16/h3-4H,2,5H2,1H3. The Bertz CT molecular complexity index is 535. The molecule has 0 radical (unpaired) electrons. The second-order valence-electron chi connectivity index (χ2n) is 3.49. The summed E-state index contributed by atoms with van der Waals surface area (Å²) in [4.78, 5) is 11.6. The fourth-order valence-electron chi connectivity index (χ4n) is 1.54. The first-order chi connectivity index (χ1) is 8.86. The number of esters is 1. The van der Waals surface area contributed by atoms with Gasteiger partial charge >= 0.3 is 12.1 Å². The Kier molecular flexibility index (Phi) is 4.78. The second kappa shape index (κ2) is 5.93. The van der Waals surface area contributed by atoms with Gasteiger partial charge in [-0.2, -0.15) is 18.4 Å². The number of hydrogen-bond acceptors (Lipinski definition) is 3. The van der Waals surface area contributed by atoms with Crippen LogP contribution < -0.4 is 0 Å². The molecule has 0 aromatic heterocycles. The summed E-state index contributed by atoms with van der Waals surface area (Å²) in [5.41, 5.74) is -2.23. The number of hydrogen-bond donors (Lipinski definition) is 0. The summed E-state index contributed by atoms with van der Waals surface area (Å²) in [5, 5.41) is 8.95. The first-order valence-corrected chi connectivity index (χ1v) is 5.76. The van der Waals surface area contributed by atoms with E-state index in [0.29, 0.717) is 0 Å². The molecular formula is C12H9ClF3NO2. The molecule has 0 aliphatic rings. The third kappa shape index (κ3) is 3.18. The number of nitrogens with zero attached hydrogens (tertiary/aromatic N) is 1. The summed E-state index contributed by atoms with van der Waals surface area (Å²) in [7, 11) is 0. The molecule has 19 heavy (non-hydrogen) atoms. The summed E-state index contributed by atoms with van der Waals surface area (Å²) in [6.07, 6.45) is -4.75. The zero-order chi connectivity index (χ0) is 14.6. The van der Waals surface area contributed by atoms with Gasteiger partial charge in [-0.1, -0.05) is 6.07 Å². The molecule has 0 bridgehead atoms. The Morgan fingerprint density at radius 2 is 2.11 bits per heavy atom. The molecule has 0 aliphatic heterocycles. The molecule has 0 heterocycles. The predicted octanol–water partition coefficient (Wildman–Crippen LogP) is 3.49. The molecule has 0 amide bonds. The minimum Gasteiger partial charge on any atom is -0.462 e. The maximum absolute atomic E-state index is 12.9. The minimum atomic E-state index is -4.75. The van der Waals surface area contributed by atoms with E-state index in [9.17, 15) is 18.0 Å². The lowest BCUT2D eigenvalue weighted by molar-refractivity contribution is -0.138. The number of ether oxygens (including phenoxy) is 1. The maximum Gasteiger partial charge on any atom is 0.417 e. The van der Waals surface area contributed by atoms with Crippen molar-refractivity contribution in [3.8, 4) is 6.07 Å². The van der Waals surface area contributed by atoms with E-state index in [4.69, 9.17) is 16.9 Å². The molecule has 3 nitrogen and oxygen atoms in total. The van der Waals surface area contributed by atoms with Gasteiger partial charge in [-0.05, 0) is 18.6 Å². The Labute approximate surface area is 112 Å². The third-order valence-electron chi connectivity index (χ3n) is 2.33. The molecule has 102 valence electrons. The van der Waals surface area contributed by atoms with Gasteiger partial charge in [0, 0.05) is 5.88 Å². The van der Waals surface area contributed by atoms with Crippen molar-refractivity contribution < 1.29 is 22.7 Å². The van der Waals surface area contributed by atoms with E-state index in [2.05, 4.69) is 4.74 Å². The Morgan fingerprint density at radius 3 is 2.53 bits per heavy atom. The van der Waals surface area contributed by atoms with E-state index in [0.717, 1.165) is 12.1 Å². The number of nitriles is 1. The molecule has 0 saturated heterocycles. The first kappa shape index (κ1) is 15.3. The van der Waals surface area contributed by atoms with E-state index in [-0.39, 0.29) is 18.1 Å². The van der Waals surface area contributed by atoms with Crippen LogP contribution in [0.4, 0.5) is 13.2 Å². The first-order valence-electron chi connectivity index (χ1n) is 5.23. The van der Waals surface area contributed by atoms with Crippen LogP contribution in [0.5, 0.6) is 0 Å². The Balaban J connectivity index is 3.60. The lowest BCUT2D eigenvalue weighted by atomic mass is 9.97. The number of halogens is 4. The summed E-state index contributed by atoms with van der Waals surface area (Å²) in [6.45, 7) is 1.37. The molecule has 0 saturated carbocycles. The van der Waals surface area contributed by atoms with Gasteiger partial charge in [-0.25, -0.2) is 4.79 Å². The number of carbonyl (C=O) groups excluding carboxylic acids is 1. The van der Waals surface area contributed by atoms with E-state index in [1.165, 1.54) is 6.92 Å². The van der Waals surface area contributed by atoms with E-state index >= 15 is 0 Å². The number of benzene rings is 1. The van der Waals surface area contributed by atoms with Gasteiger partial charge in [-0.3, -0.25) is 0 Å². The molecule has 1 aromatic carbocycles. The zero-order valence-corrected chi connectivity index (χ0v) is 10.6. The van der Waals surface area contributed by atoms with Crippen LogP contribution >= 0.6 is 11.6 Å². The Morgan fingerprint density at radius 1 is 1.47 bits per heavy atom. The fourth-order valence-corrected chi connectivity index (χ4v) is 1.76. The average Bonchev–Trinajstić information content (AvgIpc) is 2.35. The van der Waals surface area contributed by atoms with Crippen molar-refractivity contribution in [3.05, 3.63) is 34.4 Å². The van der Waals surface area contributed by atoms with Crippen molar-refractivity contribution in [2.45, 2.75) is 19.0 Å².